The van der Waals surface area contributed by atoms with Gasteiger partial charge in [0.25, 0.3) is 5.91 Å². The summed E-state index contributed by atoms with van der Waals surface area (Å²) in [5.41, 5.74) is 13.0. The van der Waals surface area contributed by atoms with Crippen LogP contribution in [0.2, 0.25) is 0 Å². The lowest BCUT2D eigenvalue weighted by atomic mass is 9.95. The van der Waals surface area contributed by atoms with Crippen molar-refractivity contribution in [3.8, 4) is 5.75 Å². The maximum absolute atomic E-state index is 12.9. The minimum Gasteiger partial charge on any atom is -0.508 e. The van der Waals surface area contributed by atoms with Gasteiger partial charge in [-0.15, -0.1) is 0 Å². The number of phenolic OH excluding ortho intramolecular Hbond substituents is 1. The van der Waals surface area contributed by atoms with Crippen LogP contribution in [0.4, 0.5) is 0 Å². The topological polar surface area (TPSA) is 183 Å². The van der Waals surface area contributed by atoms with Crippen molar-refractivity contribution in [2.75, 3.05) is 52.7 Å². The first-order valence-corrected chi connectivity index (χ1v) is 19.7. The van der Waals surface area contributed by atoms with Gasteiger partial charge in [-0.05, 0) is 65.8 Å². The van der Waals surface area contributed by atoms with E-state index in [1.165, 1.54) is 0 Å². The number of para-hydroxylation sites is 1. The smallest absolute Gasteiger partial charge is 0.252 e. The molecule has 0 aliphatic carbocycles. The van der Waals surface area contributed by atoms with Gasteiger partial charge in [-0.1, -0.05) is 30.3 Å². The largest absolute Gasteiger partial charge is 0.508 e. The summed E-state index contributed by atoms with van der Waals surface area (Å²) in [6.07, 6.45) is 8.18. The predicted octanol–water partition coefficient (Wildman–Crippen LogP) is 4.49. The minimum atomic E-state index is -0.367. The van der Waals surface area contributed by atoms with Crippen LogP contribution >= 0.6 is 0 Å². The Morgan fingerprint density at radius 1 is 0.930 bits per heavy atom. The third-order valence-electron chi connectivity index (χ3n) is 10.1. The molecule has 300 valence electrons. The van der Waals surface area contributed by atoms with E-state index in [0.717, 1.165) is 69.3 Å². The van der Waals surface area contributed by atoms with Gasteiger partial charge in [0.15, 0.2) is 0 Å². The number of carbonyl (C=O) groups excluding carboxylic acids is 2. The Hall–Kier alpha value is -5.51. The Morgan fingerprint density at radius 3 is 2.61 bits per heavy atom. The van der Waals surface area contributed by atoms with Crippen LogP contribution in [0.5, 0.6) is 5.75 Å². The third-order valence-corrected chi connectivity index (χ3v) is 10.1. The first-order chi connectivity index (χ1) is 28.0. The van der Waals surface area contributed by atoms with Crippen molar-refractivity contribution in [2.24, 2.45) is 5.73 Å². The van der Waals surface area contributed by atoms with Crippen molar-refractivity contribution in [1.29, 1.82) is 0 Å². The number of H-pyrrole nitrogens is 1. The number of imidazole rings is 1. The lowest BCUT2D eigenvalue weighted by Gasteiger charge is -2.15. The van der Waals surface area contributed by atoms with Gasteiger partial charge < -0.3 is 55.1 Å². The molecule has 1 aliphatic rings. The standard InChI is InChI=1S/C43H52N8O6/c44-13-17-55-19-21-57-22-20-56-18-14-46-40(53)7-3-4-15-50-27-32(47-29-50)28-51-16-12-31-9-8-30(23-39(31)51)25-45-26-38-41(35-5-1-2-6-37(35)48-38)42-36-24-33(52)10-11-34(36)43(54)49-42/h1-2,5-6,8-12,16,23-24,27,29,42,45,48,52H,3-4,7,13-15,17-22,25-26,28,44H2,(H,46,53)(H,49,54). The fourth-order valence-electron chi connectivity index (χ4n) is 7.35. The number of hydrogen-bond acceptors (Lipinski definition) is 9. The van der Waals surface area contributed by atoms with Gasteiger partial charge in [-0.2, -0.15) is 0 Å². The number of rotatable bonds is 23. The molecule has 14 nitrogen and oxygen atoms in total. The van der Waals surface area contributed by atoms with Crippen LogP contribution in [0.3, 0.4) is 0 Å². The molecule has 3 aromatic carbocycles. The Bertz CT molecular complexity index is 2260. The molecule has 1 unspecified atom stereocenters. The van der Waals surface area contributed by atoms with E-state index in [-0.39, 0.29) is 23.6 Å². The highest BCUT2D eigenvalue weighted by Gasteiger charge is 2.33. The van der Waals surface area contributed by atoms with Crippen LogP contribution in [0, 0.1) is 0 Å². The molecule has 6 aromatic rings. The summed E-state index contributed by atoms with van der Waals surface area (Å²) >= 11 is 0. The van der Waals surface area contributed by atoms with E-state index in [4.69, 9.17) is 19.9 Å². The van der Waals surface area contributed by atoms with Crippen molar-refractivity contribution in [3.05, 3.63) is 119 Å². The van der Waals surface area contributed by atoms with Crippen LogP contribution in [0.15, 0.2) is 85.5 Å². The van der Waals surface area contributed by atoms with Crippen molar-refractivity contribution >= 4 is 33.6 Å². The SMILES string of the molecule is NCCOCCOCCOCCNC(=O)CCCCn1cnc(Cn2ccc3ccc(CNCc4[nH]c5ccccc5c4C4NC(=O)c5ccc(O)cc54)cc32)c1. The number of benzene rings is 3. The van der Waals surface area contributed by atoms with Crippen LogP contribution < -0.4 is 21.7 Å². The summed E-state index contributed by atoms with van der Waals surface area (Å²) in [4.78, 5) is 33.3. The molecule has 0 saturated carbocycles. The molecule has 7 rings (SSSR count). The highest BCUT2D eigenvalue weighted by atomic mass is 16.5. The number of nitrogens with two attached hydrogens (primary N) is 1. The molecule has 14 heteroatoms. The third kappa shape index (κ3) is 10.3. The van der Waals surface area contributed by atoms with Gasteiger partial charge in [0.2, 0.25) is 5.91 Å². The maximum Gasteiger partial charge on any atom is 0.252 e. The zero-order valence-electron chi connectivity index (χ0n) is 32.2. The Morgan fingerprint density at radius 2 is 1.75 bits per heavy atom. The average Bonchev–Trinajstić information content (AvgIpc) is 4.00. The molecule has 1 atom stereocenters. The van der Waals surface area contributed by atoms with Crippen LogP contribution in [0.25, 0.3) is 21.8 Å². The molecule has 57 heavy (non-hydrogen) atoms. The molecular weight excluding hydrogens is 725 g/mol. The summed E-state index contributed by atoms with van der Waals surface area (Å²) in [6, 6.07) is 21.3. The van der Waals surface area contributed by atoms with E-state index in [1.54, 1.807) is 18.2 Å². The number of fused-ring (bicyclic) bond motifs is 3. The Balaban J connectivity index is 0.859. The van der Waals surface area contributed by atoms with E-state index >= 15 is 0 Å². The number of ether oxygens (including phenoxy) is 3. The van der Waals surface area contributed by atoms with Crippen LogP contribution in [-0.4, -0.2) is 88.8 Å². The second-order valence-electron chi connectivity index (χ2n) is 14.2. The van der Waals surface area contributed by atoms with Gasteiger partial charge in [-0.3, -0.25) is 9.59 Å². The second-order valence-corrected chi connectivity index (χ2v) is 14.2. The van der Waals surface area contributed by atoms with Gasteiger partial charge in [-0.25, -0.2) is 4.98 Å². The van der Waals surface area contributed by atoms with Crippen molar-refractivity contribution < 1.29 is 28.9 Å². The second kappa shape index (κ2) is 19.6. The number of aromatic hydroxyl groups is 1. The molecule has 0 fully saturated rings. The average molecular weight is 777 g/mol. The van der Waals surface area contributed by atoms with E-state index in [1.807, 2.05) is 24.5 Å². The first-order valence-electron chi connectivity index (χ1n) is 19.7. The molecule has 0 spiro atoms. The number of phenols is 1. The molecule has 0 bridgehead atoms. The number of unbranched alkanes of at least 4 members (excludes halogenated alkanes) is 1. The Labute approximate surface area is 331 Å². The number of aromatic amines is 1. The molecule has 0 saturated heterocycles. The number of nitrogens with zero attached hydrogens (tertiary/aromatic N) is 3. The van der Waals surface area contributed by atoms with Crippen molar-refractivity contribution in [2.45, 2.75) is 51.5 Å². The highest BCUT2D eigenvalue weighted by Crippen LogP contribution is 2.38. The quantitative estimate of drug-likeness (QED) is 0.0511. The number of aryl methyl sites for hydroxylation is 1. The Kier molecular flexibility index (Phi) is 13.6. The zero-order chi connectivity index (χ0) is 39.4. The number of aromatic nitrogens is 4. The summed E-state index contributed by atoms with van der Waals surface area (Å²) in [5.74, 6) is 0.0238. The fourth-order valence-corrected chi connectivity index (χ4v) is 7.35. The summed E-state index contributed by atoms with van der Waals surface area (Å²) in [5, 5.41) is 22.1. The summed E-state index contributed by atoms with van der Waals surface area (Å²) in [6.45, 7) is 6.62. The van der Waals surface area contributed by atoms with Crippen molar-refractivity contribution in [3.63, 3.8) is 0 Å². The van der Waals surface area contributed by atoms with Crippen molar-refractivity contribution in [1.82, 2.24) is 35.1 Å². The first kappa shape index (κ1) is 39.7. The fraction of sp³-hybridized carbons (Fsp3) is 0.372. The normalized spacial score (nSPS) is 13.8. The van der Waals surface area contributed by atoms with E-state index in [2.05, 4.69) is 77.8 Å². The molecule has 1 aliphatic heterocycles. The van der Waals surface area contributed by atoms with Gasteiger partial charge in [0.05, 0.1) is 64.2 Å². The monoisotopic (exact) mass is 776 g/mol. The number of hydrogen-bond donors (Lipinski definition) is 6. The zero-order valence-corrected chi connectivity index (χ0v) is 32.2. The van der Waals surface area contributed by atoms with Gasteiger partial charge in [0, 0.05) is 84.8 Å². The van der Waals surface area contributed by atoms with Gasteiger partial charge >= 0.3 is 0 Å². The van der Waals surface area contributed by atoms with Gasteiger partial charge in [0.1, 0.15) is 5.75 Å². The lowest BCUT2D eigenvalue weighted by molar-refractivity contribution is -0.121. The maximum atomic E-state index is 12.9. The highest BCUT2D eigenvalue weighted by molar-refractivity contribution is 6.01. The van der Waals surface area contributed by atoms with E-state index in [9.17, 15) is 14.7 Å². The van der Waals surface area contributed by atoms with Crippen LogP contribution in [0.1, 0.15) is 63.7 Å². The molecule has 7 N–H and O–H groups in total. The molecular formula is C43H52N8O6. The summed E-state index contributed by atoms with van der Waals surface area (Å²) < 4.78 is 20.5. The predicted molar refractivity (Wildman–Crippen MR) is 218 cm³/mol. The molecule has 4 heterocycles. The molecule has 0 radical (unpaired) electrons. The minimum absolute atomic E-state index is 0.0296. The lowest BCUT2D eigenvalue weighted by Crippen LogP contribution is -2.27. The van der Waals surface area contributed by atoms with E-state index < -0.39 is 0 Å². The van der Waals surface area contributed by atoms with Crippen LogP contribution in [-0.2, 0) is 45.2 Å². The molecule has 2 amide bonds. The summed E-state index contributed by atoms with van der Waals surface area (Å²) in [7, 11) is 0. The number of amides is 2. The number of nitrogens with one attached hydrogen (secondary N) is 4. The van der Waals surface area contributed by atoms with E-state index in [0.29, 0.717) is 84.3 Å². The molecule has 3 aromatic heterocycles. The number of carbonyl (C=O) groups is 2.